The summed E-state index contributed by atoms with van der Waals surface area (Å²) in [5.41, 5.74) is 0. The van der Waals surface area contributed by atoms with Crippen LogP contribution in [-0.2, 0) is 0 Å². The molecule has 3 aromatic rings. The molecule has 1 aliphatic rings. The summed E-state index contributed by atoms with van der Waals surface area (Å²) in [7, 11) is 0. The summed E-state index contributed by atoms with van der Waals surface area (Å²) in [4.78, 5) is 0.992. The van der Waals surface area contributed by atoms with Crippen molar-refractivity contribution in [1.82, 2.24) is 20.4 Å². The predicted molar refractivity (Wildman–Crippen MR) is 102 cm³/mol. The smallest absolute Gasteiger partial charge is 0.257 e. The molecule has 4 rings (SSSR count). The largest absolute Gasteiger partial charge is 0.419 e. The number of thioether (sulfide) groups is 1. The van der Waals surface area contributed by atoms with Crippen molar-refractivity contribution in [3.8, 4) is 10.8 Å². The molecule has 3 heterocycles. The van der Waals surface area contributed by atoms with Crippen LogP contribution in [0.3, 0.4) is 0 Å². The van der Waals surface area contributed by atoms with Gasteiger partial charge in [-0.3, -0.25) is 0 Å². The highest BCUT2D eigenvalue weighted by Gasteiger charge is 2.20. The summed E-state index contributed by atoms with van der Waals surface area (Å²) in [6.07, 6.45) is 6.42. The average Bonchev–Trinajstić information content (AvgIpc) is 3.37. The first-order valence-corrected chi connectivity index (χ1v) is 11.0. The lowest BCUT2D eigenvalue weighted by Crippen LogP contribution is -2.21. The van der Waals surface area contributed by atoms with E-state index in [1.165, 1.54) is 32.1 Å². The third kappa shape index (κ3) is 4.21. The van der Waals surface area contributed by atoms with Gasteiger partial charge in [-0.25, -0.2) is 0 Å². The fourth-order valence-electron chi connectivity index (χ4n) is 2.84. The Morgan fingerprint density at radius 3 is 2.88 bits per heavy atom. The molecule has 1 atom stereocenters. The van der Waals surface area contributed by atoms with Gasteiger partial charge in [0.2, 0.25) is 11.0 Å². The number of rotatable bonds is 6. The van der Waals surface area contributed by atoms with Gasteiger partial charge in [0.15, 0.2) is 4.34 Å². The lowest BCUT2D eigenvalue weighted by Gasteiger charge is -2.21. The van der Waals surface area contributed by atoms with Crippen molar-refractivity contribution in [2.24, 2.45) is 0 Å². The van der Waals surface area contributed by atoms with E-state index in [1.54, 1.807) is 34.4 Å². The predicted octanol–water partition coefficient (Wildman–Crippen LogP) is 5.25. The Labute approximate surface area is 158 Å². The van der Waals surface area contributed by atoms with Gasteiger partial charge in [-0.05, 0) is 31.2 Å². The lowest BCUT2D eigenvalue weighted by atomic mass is 9.96. The van der Waals surface area contributed by atoms with E-state index in [9.17, 15) is 0 Å². The van der Waals surface area contributed by atoms with Gasteiger partial charge in [-0.15, -0.1) is 31.7 Å². The van der Waals surface area contributed by atoms with Crippen LogP contribution in [0.15, 0.2) is 26.3 Å². The molecule has 9 heteroatoms. The van der Waals surface area contributed by atoms with E-state index in [4.69, 9.17) is 4.42 Å². The molecule has 1 saturated carbocycles. The summed E-state index contributed by atoms with van der Waals surface area (Å²) >= 11 is 4.79. The molecule has 3 aromatic heterocycles. The number of hydrogen-bond acceptors (Lipinski definition) is 9. The van der Waals surface area contributed by atoms with Crippen molar-refractivity contribution in [1.29, 1.82) is 0 Å². The van der Waals surface area contributed by atoms with Crippen molar-refractivity contribution >= 4 is 39.6 Å². The molecular weight excluding hydrogens is 374 g/mol. The molecule has 25 heavy (non-hydrogen) atoms. The van der Waals surface area contributed by atoms with E-state index >= 15 is 0 Å². The molecule has 1 aliphatic carbocycles. The molecule has 0 radical (unpaired) electrons. The maximum absolute atomic E-state index is 5.80. The van der Waals surface area contributed by atoms with Gasteiger partial charge in [0, 0.05) is 6.04 Å². The van der Waals surface area contributed by atoms with Gasteiger partial charge in [0.25, 0.3) is 5.89 Å². The quantitative estimate of drug-likeness (QED) is 0.573. The van der Waals surface area contributed by atoms with E-state index in [1.807, 2.05) is 24.4 Å². The minimum atomic E-state index is 0.0386. The van der Waals surface area contributed by atoms with Crippen LogP contribution >= 0.6 is 34.4 Å². The molecule has 6 nitrogen and oxygen atoms in total. The van der Waals surface area contributed by atoms with E-state index in [0.717, 1.165) is 14.3 Å². The Morgan fingerprint density at radius 2 is 2.08 bits per heavy atom. The van der Waals surface area contributed by atoms with E-state index in [2.05, 4.69) is 25.7 Å². The molecule has 1 fully saturated rings. The molecule has 0 unspecified atom stereocenters. The highest BCUT2D eigenvalue weighted by Crippen LogP contribution is 2.38. The highest BCUT2D eigenvalue weighted by molar-refractivity contribution is 8.01. The molecule has 0 aliphatic heterocycles. The first-order valence-electron chi connectivity index (χ1n) is 8.42. The van der Waals surface area contributed by atoms with Crippen LogP contribution in [0.2, 0.25) is 0 Å². The summed E-state index contributed by atoms with van der Waals surface area (Å²) in [6.45, 7) is 2.05. The fraction of sp³-hybridized carbons (Fsp3) is 0.500. The fourth-order valence-corrected chi connectivity index (χ4v) is 5.48. The Balaban J connectivity index is 1.37. The molecular formula is C16H19N5OS3. The summed E-state index contributed by atoms with van der Waals surface area (Å²) in [6, 6.07) is 4.50. The van der Waals surface area contributed by atoms with Crippen LogP contribution in [-0.4, -0.2) is 26.4 Å². The van der Waals surface area contributed by atoms with Gasteiger partial charge in [0.05, 0.1) is 10.1 Å². The first-order chi connectivity index (χ1) is 12.3. The molecule has 0 saturated heterocycles. The number of nitrogens with zero attached hydrogens (tertiary/aromatic N) is 4. The van der Waals surface area contributed by atoms with Crippen LogP contribution in [0.25, 0.3) is 10.8 Å². The van der Waals surface area contributed by atoms with Gasteiger partial charge >= 0.3 is 0 Å². The first kappa shape index (κ1) is 17.0. The summed E-state index contributed by atoms with van der Waals surface area (Å²) in [5.74, 6) is 1.19. The number of thiophene rings is 1. The van der Waals surface area contributed by atoms with Crippen molar-refractivity contribution in [2.75, 3.05) is 5.32 Å². The number of anilines is 1. The Morgan fingerprint density at radius 1 is 1.20 bits per heavy atom. The highest BCUT2D eigenvalue weighted by atomic mass is 32.2. The molecule has 0 spiro atoms. The van der Waals surface area contributed by atoms with E-state index < -0.39 is 0 Å². The molecule has 0 aromatic carbocycles. The van der Waals surface area contributed by atoms with Crippen LogP contribution in [0.4, 0.5) is 5.13 Å². The SMILES string of the molecule is C[C@H](Sc1nnc(NC2CCCCC2)s1)c1nnc(-c2cccs2)o1. The summed E-state index contributed by atoms with van der Waals surface area (Å²) in [5, 5.41) is 23.3. The van der Waals surface area contributed by atoms with E-state index in [-0.39, 0.29) is 5.25 Å². The van der Waals surface area contributed by atoms with E-state index in [0.29, 0.717) is 17.8 Å². The molecule has 1 N–H and O–H groups in total. The zero-order valence-corrected chi connectivity index (χ0v) is 16.3. The minimum absolute atomic E-state index is 0.0386. The molecule has 0 bridgehead atoms. The van der Waals surface area contributed by atoms with Crippen LogP contribution < -0.4 is 5.32 Å². The topological polar surface area (TPSA) is 76.7 Å². The zero-order valence-electron chi connectivity index (χ0n) is 13.8. The molecule has 132 valence electrons. The van der Waals surface area contributed by atoms with Crippen LogP contribution in [0.1, 0.15) is 50.2 Å². The maximum Gasteiger partial charge on any atom is 0.257 e. The second-order valence-electron chi connectivity index (χ2n) is 6.04. The van der Waals surface area contributed by atoms with Gasteiger partial charge in [-0.1, -0.05) is 48.4 Å². The average molecular weight is 394 g/mol. The summed E-state index contributed by atoms with van der Waals surface area (Å²) < 4.78 is 6.72. The van der Waals surface area contributed by atoms with Crippen molar-refractivity contribution in [3.05, 3.63) is 23.4 Å². The maximum atomic E-state index is 5.80. The van der Waals surface area contributed by atoms with Gasteiger partial charge in [-0.2, -0.15) is 0 Å². The number of nitrogens with one attached hydrogen (secondary N) is 1. The van der Waals surface area contributed by atoms with Gasteiger partial charge < -0.3 is 9.73 Å². The second kappa shape index (κ2) is 7.84. The van der Waals surface area contributed by atoms with Crippen molar-refractivity contribution < 1.29 is 4.42 Å². The van der Waals surface area contributed by atoms with Crippen molar-refractivity contribution in [2.45, 2.75) is 54.7 Å². The number of hydrogen-bond donors (Lipinski definition) is 1. The van der Waals surface area contributed by atoms with Crippen LogP contribution in [0, 0.1) is 0 Å². The zero-order chi connectivity index (χ0) is 17.1. The second-order valence-corrected chi connectivity index (χ2v) is 9.55. The monoisotopic (exact) mass is 393 g/mol. The lowest BCUT2D eigenvalue weighted by molar-refractivity contribution is 0.462. The third-order valence-electron chi connectivity index (χ3n) is 4.14. The standard InChI is InChI=1S/C16H19N5OS3/c1-10(13-18-19-14(22-13)12-8-5-9-23-12)24-16-21-20-15(25-16)17-11-6-3-2-4-7-11/h5,8-11H,2-4,6-7H2,1H3,(H,17,20)/t10-/m0/s1. The minimum Gasteiger partial charge on any atom is -0.419 e. The van der Waals surface area contributed by atoms with Crippen molar-refractivity contribution in [3.63, 3.8) is 0 Å². The molecule has 0 amide bonds. The number of aromatic nitrogens is 4. The van der Waals surface area contributed by atoms with Crippen LogP contribution in [0.5, 0.6) is 0 Å². The third-order valence-corrected chi connectivity index (χ3v) is 7.02. The Kier molecular flexibility index (Phi) is 5.33. The Hall–Kier alpha value is -1.45. The van der Waals surface area contributed by atoms with Gasteiger partial charge in [0.1, 0.15) is 0 Å². The Bertz CT molecular complexity index is 794. The normalized spacial score (nSPS) is 16.8.